The van der Waals surface area contributed by atoms with Crippen molar-refractivity contribution in [1.29, 1.82) is 0 Å². The van der Waals surface area contributed by atoms with E-state index in [0.717, 1.165) is 30.0 Å². The summed E-state index contributed by atoms with van der Waals surface area (Å²) in [4.78, 5) is 6.65. The fraction of sp³-hybridized carbons (Fsp3) is 0.308. The Balaban J connectivity index is 1.97. The lowest BCUT2D eigenvalue weighted by molar-refractivity contribution is 0.392. The van der Waals surface area contributed by atoms with E-state index in [1.807, 2.05) is 18.3 Å². The van der Waals surface area contributed by atoms with Crippen LogP contribution in [0, 0.1) is 0 Å². The molecule has 18 heavy (non-hydrogen) atoms. The van der Waals surface area contributed by atoms with Crippen molar-refractivity contribution in [3.63, 3.8) is 0 Å². The molecule has 0 saturated carbocycles. The van der Waals surface area contributed by atoms with Gasteiger partial charge in [-0.05, 0) is 24.1 Å². The molecule has 1 aliphatic heterocycles. The first-order chi connectivity index (χ1) is 8.78. The summed E-state index contributed by atoms with van der Waals surface area (Å²) in [7, 11) is 3.64. The zero-order chi connectivity index (χ0) is 12.5. The van der Waals surface area contributed by atoms with Crippen LogP contribution in [0.3, 0.4) is 0 Å². The summed E-state index contributed by atoms with van der Waals surface area (Å²) in [6, 6.07) is 5.85. The van der Waals surface area contributed by atoms with Gasteiger partial charge in [-0.1, -0.05) is 0 Å². The van der Waals surface area contributed by atoms with Crippen LogP contribution < -0.4 is 9.64 Å². The van der Waals surface area contributed by atoms with E-state index in [1.54, 1.807) is 7.11 Å². The highest BCUT2D eigenvalue weighted by Gasteiger charge is 2.17. The van der Waals surface area contributed by atoms with Crippen LogP contribution in [0.2, 0.25) is 0 Å². The van der Waals surface area contributed by atoms with Gasteiger partial charge in [-0.2, -0.15) is 0 Å². The minimum atomic E-state index is 0.521. The molecule has 0 saturated heterocycles. The van der Waals surface area contributed by atoms with Crippen LogP contribution in [-0.2, 0) is 6.42 Å². The van der Waals surface area contributed by atoms with Gasteiger partial charge in [-0.15, -0.1) is 10.2 Å². The maximum atomic E-state index is 5.00. The van der Waals surface area contributed by atoms with Crippen molar-refractivity contribution in [1.82, 2.24) is 15.2 Å². The summed E-state index contributed by atoms with van der Waals surface area (Å²) in [5.74, 6) is 1.59. The van der Waals surface area contributed by atoms with Gasteiger partial charge in [0.2, 0.25) is 5.88 Å². The zero-order valence-corrected chi connectivity index (χ0v) is 10.4. The van der Waals surface area contributed by atoms with Crippen molar-refractivity contribution < 1.29 is 4.74 Å². The number of anilines is 1. The molecule has 0 aliphatic carbocycles. The number of aromatic nitrogens is 3. The number of nitrogens with zero attached hydrogens (tertiary/aromatic N) is 4. The van der Waals surface area contributed by atoms with Gasteiger partial charge in [-0.3, -0.25) is 0 Å². The number of ether oxygens (including phenoxy) is 1. The Labute approximate surface area is 105 Å². The molecule has 0 amide bonds. The molecule has 2 aromatic rings. The number of rotatable bonds is 2. The fourth-order valence-corrected chi connectivity index (χ4v) is 2.15. The van der Waals surface area contributed by atoms with Crippen LogP contribution in [0.4, 0.5) is 5.82 Å². The number of methoxy groups -OCH3 is 1. The Bertz CT molecular complexity index is 568. The van der Waals surface area contributed by atoms with E-state index in [4.69, 9.17) is 4.74 Å². The molecular weight excluding hydrogens is 228 g/mol. The monoisotopic (exact) mass is 242 g/mol. The van der Waals surface area contributed by atoms with Crippen LogP contribution in [0.1, 0.15) is 5.56 Å². The van der Waals surface area contributed by atoms with Crippen molar-refractivity contribution in [3.8, 4) is 17.1 Å². The number of likely N-dealkylation sites (N-methyl/N-ethyl adjacent to an activating group) is 1. The van der Waals surface area contributed by atoms with Crippen molar-refractivity contribution in [2.75, 3.05) is 25.6 Å². The van der Waals surface area contributed by atoms with Crippen molar-refractivity contribution >= 4 is 5.82 Å². The highest BCUT2D eigenvalue weighted by Crippen LogP contribution is 2.28. The zero-order valence-electron chi connectivity index (χ0n) is 10.4. The summed E-state index contributed by atoms with van der Waals surface area (Å²) < 4.78 is 5.00. The Hall–Kier alpha value is -2.17. The minimum absolute atomic E-state index is 0.521. The van der Waals surface area contributed by atoms with Crippen LogP contribution in [0.15, 0.2) is 24.4 Å². The highest BCUT2D eigenvalue weighted by molar-refractivity contribution is 5.64. The summed E-state index contributed by atoms with van der Waals surface area (Å²) in [6.07, 6.45) is 2.88. The number of hydrogen-bond donors (Lipinski definition) is 0. The summed E-state index contributed by atoms with van der Waals surface area (Å²) in [5, 5.41) is 8.11. The lowest BCUT2D eigenvalue weighted by Crippen LogP contribution is -2.13. The quantitative estimate of drug-likeness (QED) is 0.799. The predicted octanol–water partition coefficient (Wildman–Crippen LogP) is 1.54. The lowest BCUT2D eigenvalue weighted by atomic mass is 10.1. The average molecular weight is 242 g/mol. The van der Waals surface area contributed by atoms with E-state index in [9.17, 15) is 0 Å². The third-order valence-corrected chi connectivity index (χ3v) is 3.17. The Kier molecular flexibility index (Phi) is 2.59. The third-order valence-electron chi connectivity index (χ3n) is 3.17. The molecule has 3 heterocycles. The summed E-state index contributed by atoms with van der Waals surface area (Å²) in [5.41, 5.74) is 3.09. The molecule has 0 N–H and O–H groups in total. The smallest absolute Gasteiger partial charge is 0.233 e. The Morgan fingerprint density at radius 1 is 1.28 bits per heavy atom. The predicted molar refractivity (Wildman–Crippen MR) is 68.8 cm³/mol. The van der Waals surface area contributed by atoms with Crippen molar-refractivity contribution in [2.24, 2.45) is 0 Å². The molecule has 0 fully saturated rings. The number of hydrogen-bond acceptors (Lipinski definition) is 5. The maximum Gasteiger partial charge on any atom is 0.233 e. The lowest BCUT2D eigenvalue weighted by Gasteiger charge is -2.10. The molecule has 0 aromatic carbocycles. The molecular formula is C13H14N4O. The molecule has 0 unspecified atom stereocenters. The Morgan fingerprint density at radius 2 is 2.17 bits per heavy atom. The van der Waals surface area contributed by atoms with Gasteiger partial charge in [0.05, 0.1) is 12.8 Å². The summed E-state index contributed by atoms with van der Waals surface area (Å²) >= 11 is 0. The van der Waals surface area contributed by atoms with Gasteiger partial charge in [0.25, 0.3) is 0 Å². The van der Waals surface area contributed by atoms with E-state index in [1.165, 1.54) is 5.56 Å². The van der Waals surface area contributed by atoms with Crippen molar-refractivity contribution in [3.05, 3.63) is 30.0 Å². The first-order valence-electron chi connectivity index (χ1n) is 5.86. The maximum absolute atomic E-state index is 5.00. The van der Waals surface area contributed by atoms with Crippen LogP contribution in [0.25, 0.3) is 11.3 Å². The normalized spacial score (nSPS) is 13.6. The highest BCUT2D eigenvalue weighted by atomic mass is 16.5. The van der Waals surface area contributed by atoms with E-state index in [0.29, 0.717) is 5.88 Å². The SMILES string of the molecule is COc1ccc(-c2cnc3c(c2)CCN3C)nn1. The first-order valence-corrected chi connectivity index (χ1v) is 5.86. The van der Waals surface area contributed by atoms with Gasteiger partial charge in [0, 0.05) is 31.4 Å². The second kappa shape index (κ2) is 4.25. The second-order valence-corrected chi connectivity index (χ2v) is 4.34. The number of pyridine rings is 1. The third kappa shape index (κ3) is 1.77. The van der Waals surface area contributed by atoms with E-state index >= 15 is 0 Å². The van der Waals surface area contributed by atoms with Crippen LogP contribution >= 0.6 is 0 Å². The van der Waals surface area contributed by atoms with Crippen LogP contribution in [0.5, 0.6) is 5.88 Å². The largest absolute Gasteiger partial charge is 0.480 e. The van der Waals surface area contributed by atoms with Crippen LogP contribution in [-0.4, -0.2) is 35.9 Å². The molecule has 0 atom stereocenters. The molecule has 5 nitrogen and oxygen atoms in total. The van der Waals surface area contributed by atoms with Gasteiger partial charge in [0.1, 0.15) is 5.82 Å². The Morgan fingerprint density at radius 3 is 2.89 bits per heavy atom. The standard InChI is InChI=1S/C13H14N4O/c1-17-6-5-9-7-10(8-14-13(9)17)11-3-4-12(18-2)16-15-11/h3-4,7-8H,5-6H2,1-2H3. The van der Waals surface area contributed by atoms with Gasteiger partial charge >= 0.3 is 0 Å². The average Bonchev–Trinajstić information content (AvgIpc) is 2.80. The molecule has 0 bridgehead atoms. The molecule has 5 heteroatoms. The van der Waals surface area contributed by atoms with Gasteiger partial charge < -0.3 is 9.64 Å². The minimum Gasteiger partial charge on any atom is -0.480 e. The van der Waals surface area contributed by atoms with E-state index in [-0.39, 0.29) is 0 Å². The molecule has 0 radical (unpaired) electrons. The fourth-order valence-electron chi connectivity index (χ4n) is 2.15. The molecule has 3 rings (SSSR count). The van der Waals surface area contributed by atoms with Gasteiger partial charge in [-0.25, -0.2) is 4.98 Å². The molecule has 0 spiro atoms. The topological polar surface area (TPSA) is 51.1 Å². The molecule has 1 aliphatic rings. The summed E-state index contributed by atoms with van der Waals surface area (Å²) in [6.45, 7) is 1.03. The van der Waals surface area contributed by atoms with Crippen molar-refractivity contribution in [2.45, 2.75) is 6.42 Å². The first kappa shape index (κ1) is 11.0. The second-order valence-electron chi connectivity index (χ2n) is 4.34. The van der Waals surface area contributed by atoms with E-state index in [2.05, 4.69) is 33.2 Å². The molecule has 2 aromatic heterocycles. The number of fused-ring (bicyclic) bond motifs is 1. The van der Waals surface area contributed by atoms with E-state index < -0.39 is 0 Å². The molecule has 92 valence electrons. The van der Waals surface area contributed by atoms with Gasteiger partial charge in [0.15, 0.2) is 0 Å².